The molecule has 4 rings (SSSR count). The monoisotopic (exact) mass is 380 g/mol. The van der Waals surface area contributed by atoms with Crippen molar-refractivity contribution >= 4 is 0 Å². The number of rotatable bonds is 7. The Bertz CT molecular complexity index is 713. The standard InChI is InChI=1S/C23H32N4O/c1-28-16-15-26-11-13-27(14-12-26)18-22-17-24-25-23(22)21-9-7-20(8-10-21)19-5-3-2-4-6-19/h2-10,22-25H,11-18H2,1H3. The lowest BCUT2D eigenvalue weighted by Crippen LogP contribution is -2.49. The van der Waals surface area contributed by atoms with Gasteiger partial charge in [-0.05, 0) is 16.7 Å². The molecule has 28 heavy (non-hydrogen) atoms. The Kier molecular flexibility index (Phi) is 6.73. The summed E-state index contributed by atoms with van der Waals surface area (Å²) in [7, 11) is 1.78. The predicted molar refractivity (Wildman–Crippen MR) is 114 cm³/mol. The molecule has 2 aliphatic heterocycles. The molecule has 5 nitrogen and oxygen atoms in total. The van der Waals surface area contributed by atoms with Crippen LogP contribution >= 0.6 is 0 Å². The Morgan fingerprint density at radius 1 is 0.893 bits per heavy atom. The van der Waals surface area contributed by atoms with Gasteiger partial charge in [0.1, 0.15) is 0 Å². The molecule has 0 saturated carbocycles. The van der Waals surface area contributed by atoms with Crippen molar-refractivity contribution in [2.45, 2.75) is 6.04 Å². The molecule has 2 fully saturated rings. The Hall–Kier alpha value is -1.76. The molecule has 0 spiro atoms. The second kappa shape index (κ2) is 9.63. The van der Waals surface area contributed by atoms with Crippen molar-refractivity contribution in [2.24, 2.45) is 5.92 Å². The van der Waals surface area contributed by atoms with E-state index in [2.05, 4.69) is 75.2 Å². The summed E-state index contributed by atoms with van der Waals surface area (Å²) in [6.07, 6.45) is 0. The van der Waals surface area contributed by atoms with Crippen LogP contribution in [0.1, 0.15) is 11.6 Å². The molecule has 0 bridgehead atoms. The van der Waals surface area contributed by atoms with Gasteiger partial charge >= 0.3 is 0 Å². The molecule has 2 heterocycles. The van der Waals surface area contributed by atoms with Gasteiger partial charge in [-0.2, -0.15) is 0 Å². The number of hydrogen-bond donors (Lipinski definition) is 2. The van der Waals surface area contributed by atoms with E-state index < -0.39 is 0 Å². The van der Waals surface area contributed by atoms with E-state index in [-0.39, 0.29) is 0 Å². The number of hydrogen-bond acceptors (Lipinski definition) is 5. The quantitative estimate of drug-likeness (QED) is 0.772. The summed E-state index contributed by atoms with van der Waals surface area (Å²) in [5, 5.41) is 0. The minimum atomic E-state index is 0.372. The van der Waals surface area contributed by atoms with Gasteiger partial charge in [0.25, 0.3) is 0 Å². The van der Waals surface area contributed by atoms with Crippen LogP contribution in [0.4, 0.5) is 0 Å². The smallest absolute Gasteiger partial charge is 0.0589 e. The lowest BCUT2D eigenvalue weighted by molar-refractivity contribution is 0.0886. The van der Waals surface area contributed by atoms with Crippen LogP contribution in [-0.2, 0) is 4.74 Å². The summed E-state index contributed by atoms with van der Waals surface area (Å²) in [6.45, 7) is 8.64. The molecule has 0 amide bonds. The van der Waals surface area contributed by atoms with Gasteiger partial charge in [-0.25, -0.2) is 5.43 Å². The highest BCUT2D eigenvalue weighted by atomic mass is 16.5. The summed E-state index contributed by atoms with van der Waals surface area (Å²) < 4.78 is 5.21. The third-order valence-electron chi connectivity index (χ3n) is 6.04. The first-order valence-corrected chi connectivity index (χ1v) is 10.4. The zero-order chi connectivity index (χ0) is 19.2. The largest absolute Gasteiger partial charge is 0.383 e. The van der Waals surface area contributed by atoms with Crippen LogP contribution in [0.5, 0.6) is 0 Å². The van der Waals surface area contributed by atoms with Crippen molar-refractivity contribution in [3.63, 3.8) is 0 Å². The van der Waals surface area contributed by atoms with E-state index in [1.165, 1.54) is 16.7 Å². The minimum absolute atomic E-state index is 0.372. The molecule has 2 saturated heterocycles. The molecule has 2 unspecified atom stereocenters. The van der Waals surface area contributed by atoms with Gasteiger partial charge in [0.15, 0.2) is 0 Å². The lowest BCUT2D eigenvalue weighted by atomic mass is 9.92. The first-order chi connectivity index (χ1) is 13.8. The number of hydrazine groups is 1. The van der Waals surface area contributed by atoms with E-state index in [4.69, 9.17) is 4.74 Å². The number of methoxy groups -OCH3 is 1. The molecule has 0 radical (unpaired) electrons. The molecule has 2 aliphatic rings. The fraction of sp³-hybridized carbons (Fsp3) is 0.478. The number of ether oxygens (including phenoxy) is 1. The Morgan fingerprint density at radius 3 is 2.29 bits per heavy atom. The van der Waals surface area contributed by atoms with E-state index in [0.29, 0.717) is 12.0 Å². The number of nitrogens with one attached hydrogen (secondary N) is 2. The topological polar surface area (TPSA) is 39.8 Å². The average molecular weight is 381 g/mol. The van der Waals surface area contributed by atoms with Crippen LogP contribution in [0, 0.1) is 5.92 Å². The molecule has 0 aliphatic carbocycles. The third kappa shape index (κ3) is 4.80. The van der Waals surface area contributed by atoms with Crippen LogP contribution in [0.3, 0.4) is 0 Å². The van der Waals surface area contributed by atoms with Gasteiger partial charge in [-0.3, -0.25) is 10.3 Å². The van der Waals surface area contributed by atoms with E-state index in [0.717, 1.165) is 52.4 Å². The van der Waals surface area contributed by atoms with E-state index in [9.17, 15) is 0 Å². The van der Waals surface area contributed by atoms with Crippen LogP contribution in [0.2, 0.25) is 0 Å². The van der Waals surface area contributed by atoms with Gasteiger partial charge in [0.05, 0.1) is 12.6 Å². The van der Waals surface area contributed by atoms with Gasteiger partial charge in [-0.15, -0.1) is 0 Å². The van der Waals surface area contributed by atoms with Crippen molar-refractivity contribution in [3.8, 4) is 11.1 Å². The first-order valence-electron chi connectivity index (χ1n) is 10.4. The normalized spacial score (nSPS) is 23.9. The Morgan fingerprint density at radius 2 is 1.57 bits per heavy atom. The minimum Gasteiger partial charge on any atom is -0.383 e. The number of benzene rings is 2. The summed E-state index contributed by atoms with van der Waals surface area (Å²) in [5.74, 6) is 0.591. The van der Waals surface area contributed by atoms with Crippen molar-refractivity contribution in [3.05, 3.63) is 60.2 Å². The zero-order valence-corrected chi connectivity index (χ0v) is 16.8. The van der Waals surface area contributed by atoms with Gasteiger partial charge in [0, 0.05) is 58.8 Å². The highest BCUT2D eigenvalue weighted by Gasteiger charge is 2.30. The van der Waals surface area contributed by atoms with Crippen molar-refractivity contribution in [1.29, 1.82) is 0 Å². The zero-order valence-electron chi connectivity index (χ0n) is 16.8. The molecule has 2 aromatic carbocycles. The molecule has 150 valence electrons. The van der Waals surface area contributed by atoms with Crippen molar-refractivity contribution in [2.75, 3.05) is 59.5 Å². The van der Waals surface area contributed by atoms with Crippen molar-refractivity contribution < 1.29 is 4.74 Å². The Labute approximate surface area is 168 Å². The molecule has 0 aromatic heterocycles. The maximum absolute atomic E-state index is 5.21. The fourth-order valence-corrected chi connectivity index (χ4v) is 4.32. The second-order valence-electron chi connectivity index (χ2n) is 7.89. The maximum Gasteiger partial charge on any atom is 0.0589 e. The van der Waals surface area contributed by atoms with Gasteiger partial charge < -0.3 is 9.64 Å². The highest BCUT2D eigenvalue weighted by Crippen LogP contribution is 2.28. The number of piperazine rings is 1. The highest BCUT2D eigenvalue weighted by molar-refractivity contribution is 5.63. The van der Waals surface area contributed by atoms with Crippen LogP contribution in [-0.4, -0.2) is 69.3 Å². The van der Waals surface area contributed by atoms with E-state index in [1.54, 1.807) is 7.11 Å². The molecule has 2 atom stereocenters. The predicted octanol–water partition coefficient (Wildman–Crippen LogP) is 2.38. The van der Waals surface area contributed by atoms with Crippen LogP contribution in [0.15, 0.2) is 54.6 Å². The number of nitrogens with zero attached hydrogens (tertiary/aromatic N) is 2. The summed E-state index contributed by atoms with van der Waals surface area (Å²) in [5.41, 5.74) is 10.8. The third-order valence-corrected chi connectivity index (χ3v) is 6.04. The molecular formula is C23H32N4O. The summed E-state index contributed by atoms with van der Waals surface area (Å²) in [4.78, 5) is 5.12. The SMILES string of the molecule is COCCN1CCN(CC2CNNC2c2ccc(-c3ccccc3)cc2)CC1. The molecule has 2 N–H and O–H groups in total. The molecule has 2 aromatic rings. The summed E-state index contributed by atoms with van der Waals surface area (Å²) >= 11 is 0. The summed E-state index contributed by atoms with van der Waals surface area (Å²) in [6, 6.07) is 20.0. The molecule has 5 heteroatoms. The van der Waals surface area contributed by atoms with E-state index in [1.807, 2.05) is 0 Å². The molecular weight excluding hydrogens is 348 g/mol. The Balaban J connectivity index is 1.34. The van der Waals surface area contributed by atoms with Crippen LogP contribution in [0.25, 0.3) is 11.1 Å². The van der Waals surface area contributed by atoms with E-state index >= 15 is 0 Å². The van der Waals surface area contributed by atoms with Gasteiger partial charge in [-0.1, -0.05) is 54.6 Å². The lowest BCUT2D eigenvalue weighted by Gasteiger charge is -2.36. The average Bonchev–Trinajstić information content (AvgIpc) is 3.22. The second-order valence-corrected chi connectivity index (χ2v) is 7.89. The fourth-order valence-electron chi connectivity index (χ4n) is 4.32. The van der Waals surface area contributed by atoms with Crippen molar-refractivity contribution in [1.82, 2.24) is 20.7 Å². The van der Waals surface area contributed by atoms with Gasteiger partial charge in [0.2, 0.25) is 0 Å². The van der Waals surface area contributed by atoms with Crippen LogP contribution < -0.4 is 10.9 Å². The first kappa shape index (κ1) is 19.6. The maximum atomic E-state index is 5.21.